The Morgan fingerprint density at radius 3 is 2.46 bits per heavy atom. The van der Waals surface area contributed by atoms with Crippen molar-refractivity contribution in [3.63, 3.8) is 0 Å². The van der Waals surface area contributed by atoms with Gasteiger partial charge in [-0.15, -0.1) is 0 Å². The molecule has 0 atom stereocenters. The number of hydrogen-bond donors (Lipinski definition) is 2. The Morgan fingerprint density at radius 2 is 1.73 bits per heavy atom. The zero-order valence-electron chi connectivity index (χ0n) is 15.9. The number of para-hydroxylation sites is 2. The minimum Gasteiger partial charge on any atom is -0.490 e. The maximum absolute atomic E-state index is 12.2. The number of carbonyl (C=O) groups is 1. The lowest BCUT2D eigenvalue weighted by Gasteiger charge is -2.19. The molecule has 0 spiro atoms. The second-order valence-electron chi connectivity index (χ2n) is 6.11. The summed E-state index contributed by atoms with van der Waals surface area (Å²) in [4.78, 5) is 14.5. The molecule has 2 rings (SSSR count). The molecule has 0 saturated heterocycles. The molecule has 5 nitrogen and oxygen atoms in total. The molecule has 0 fully saturated rings. The van der Waals surface area contributed by atoms with Crippen LogP contribution in [0.1, 0.15) is 25.0 Å². The van der Waals surface area contributed by atoms with Gasteiger partial charge < -0.3 is 20.3 Å². The van der Waals surface area contributed by atoms with E-state index in [2.05, 4.69) is 29.4 Å². The zero-order valence-corrected chi connectivity index (χ0v) is 15.9. The fraction of sp³-hybridized carbons (Fsp3) is 0.381. The highest BCUT2D eigenvalue weighted by Crippen LogP contribution is 2.23. The molecular weight excluding hydrogens is 326 g/mol. The van der Waals surface area contributed by atoms with Gasteiger partial charge in [-0.05, 0) is 43.3 Å². The van der Waals surface area contributed by atoms with Crippen molar-refractivity contribution in [3.05, 3.63) is 59.7 Å². The van der Waals surface area contributed by atoms with Gasteiger partial charge in [-0.25, -0.2) is 4.79 Å². The normalized spacial score (nSPS) is 10.6. The van der Waals surface area contributed by atoms with Crippen LogP contribution >= 0.6 is 0 Å². The summed E-state index contributed by atoms with van der Waals surface area (Å²) in [6, 6.07) is 15.3. The number of benzene rings is 2. The van der Waals surface area contributed by atoms with Crippen molar-refractivity contribution in [1.29, 1.82) is 0 Å². The second-order valence-corrected chi connectivity index (χ2v) is 6.11. The smallest absolute Gasteiger partial charge is 0.319 e. The molecule has 0 aromatic heterocycles. The SMILES string of the molecule is CCN(CC)CCOc1ccccc1NC(=O)NCc1ccccc1C. The summed E-state index contributed by atoms with van der Waals surface area (Å²) in [5, 5.41) is 5.77. The molecule has 2 aromatic rings. The van der Waals surface area contributed by atoms with E-state index in [0.717, 1.165) is 30.8 Å². The molecular formula is C21H29N3O2. The van der Waals surface area contributed by atoms with E-state index in [1.54, 1.807) is 0 Å². The van der Waals surface area contributed by atoms with E-state index in [0.29, 0.717) is 24.6 Å². The third-order valence-corrected chi connectivity index (χ3v) is 4.40. The first-order valence-electron chi connectivity index (χ1n) is 9.17. The summed E-state index contributed by atoms with van der Waals surface area (Å²) in [5.41, 5.74) is 2.94. The topological polar surface area (TPSA) is 53.6 Å². The van der Waals surface area contributed by atoms with Crippen molar-refractivity contribution < 1.29 is 9.53 Å². The Morgan fingerprint density at radius 1 is 1.04 bits per heavy atom. The maximum atomic E-state index is 12.2. The number of ether oxygens (including phenoxy) is 1. The van der Waals surface area contributed by atoms with Crippen LogP contribution in [0, 0.1) is 6.92 Å². The molecule has 0 unspecified atom stereocenters. The van der Waals surface area contributed by atoms with Gasteiger partial charge >= 0.3 is 6.03 Å². The van der Waals surface area contributed by atoms with E-state index in [1.807, 2.05) is 55.5 Å². The van der Waals surface area contributed by atoms with Crippen molar-refractivity contribution in [2.45, 2.75) is 27.3 Å². The van der Waals surface area contributed by atoms with E-state index >= 15 is 0 Å². The molecule has 2 N–H and O–H groups in total. The Labute approximate surface area is 156 Å². The number of nitrogens with one attached hydrogen (secondary N) is 2. The van der Waals surface area contributed by atoms with Crippen LogP contribution in [0.25, 0.3) is 0 Å². The highest BCUT2D eigenvalue weighted by atomic mass is 16.5. The molecule has 0 saturated carbocycles. The molecule has 0 heterocycles. The first kappa shape index (κ1) is 19.8. The summed E-state index contributed by atoms with van der Waals surface area (Å²) in [5.74, 6) is 0.686. The first-order valence-corrected chi connectivity index (χ1v) is 9.17. The number of hydrogen-bond acceptors (Lipinski definition) is 3. The van der Waals surface area contributed by atoms with E-state index in [1.165, 1.54) is 0 Å². The molecule has 5 heteroatoms. The standard InChI is InChI=1S/C21H29N3O2/c1-4-24(5-2)14-15-26-20-13-9-8-12-19(20)23-21(25)22-16-18-11-7-6-10-17(18)3/h6-13H,4-5,14-16H2,1-3H3,(H2,22,23,25). The highest BCUT2D eigenvalue weighted by Gasteiger charge is 2.08. The number of carbonyl (C=O) groups excluding carboxylic acids is 1. The fourth-order valence-corrected chi connectivity index (χ4v) is 2.67. The fourth-order valence-electron chi connectivity index (χ4n) is 2.67. The predicted molar refractivity (Wildman–Crippen MR) is 107 cm³/mol. The molecule has 26 heavy (non-hydrogen) atoms. The van der Waals surface area contributed by atoms with Gasteiger partial charge in [0.15, 0.2) is 0 Å². The van der Waals surface area contributed by atoms with E-state index in [-0.39, 0.29) is 6.03 Å². The van der Waals surface area contributed by atoms with Crippen molar-refractivity contribution in [3.8, 4) is 5.75 Å². The van der Waals surface area contributed by atoms with Gasteiger partial charge in [0.05, 0.1) is 5.69 Å². The summed E-state index contributed by atoms with van der Waals surface area (Å²) >= 11 is 0. The van der Waals surface area contributed by atoms with Crippen LogP contribution in [0.4, 0.5) is 10.5 Å². The van der Waals surface area contributed by atoms with E-state index in [4.69, 9.17) is 4.74 Å². The molecule has 140 valence electrons. The second kappa shape index (κ2) is 10.5. The van der Waals surface area contributed by atoms with Crippen LogP contribution in [0.15, 0.2) is 48.5 Å². The molecule has 2 aromatic carbocycles. The Hall–Kier alpha value is -2.53. The van der Waals surface area contributed by atoms with Gasteiger partial charge in [-0.1, -0.05) is 50.2 Å². The van der Waals surface area contributed by atoms with E-state index < -0.39 is 0 Å². The number of nitrogens with zero attached hydrogens (tertiary/aromatic N) is 1. The molecule has 0 radical (unpaired) electrons. The number of likely N-dealkylation sites (N-methyl/N-ethyl adjacent to an activating group) is 1. The molecule has 0 aliphatic rings. The van der Waals surface area contributed by atoms with Gasteiger partial charge in [0.1, 0.15) is 12.4 Å². The van der Waals surface area contributed by atoms with Crippen LogP contribution in [0.3, 0.4) is 0 Å². The van der Waals surface area contributed by atoms with Crippen LogP contribution in [0.5, 0.6) is 5.75 Å². The Bertz CT molecular complexity index is 699. The lowest BCUT2D eigenvalue weighted by Crippen LogP contribution is -2.29. The predicted octanol–water partition coefficient (Wildman–Crippen LogP) is 4.04. The molecule has 0 aliphatic heterocycles. The third kappa shape index (κ3) is 6.08. The number of aryl methyl sites for hydroxylation is 1. The Balaban J connectivity index is 1.88. The Kier molecular flexibility index (Phi) is 7.96. The van der Waals surface area contributed by atoms with Gasteiger partial charge in [-0.3, -0.25) is 0 Å². The monoisotopic (exact) mass is 355 g/mol. The maximum Gasteiger partial charge on any atom is 0.319 e. The molecule has 0 bridgehead atoms. The quantitative estimate of drug-likeness (QED) is 0.714. The van der Waals surface area contributed by atoms with Gasteiger partial charge in [0.25, 0.3) is 0 Å². The lowest BCUT2D eigenvalue weighted by atomic mass is 10.1. The number of amides is 2. The van der Waals surface area contributed by atoms with Crippen molar-refractivity contribution in [2.24, 2.45) is 0 Å². The van der Waals surface area contributed by atoms with Crippen LogP contribution in [-0.2, 0) is 6.54 Å². The van der Waals surface area contributed by atoms with E-state index in [9.17, 15) is 4.79 Å². The van der Waals surface area contributed by atoms with Gasteiger partial charge in [0.2, 0.25) is 0 Å². The zero-order chi connectivity index (χ0) is 18.8. The van der Waals surface area contributed by atoms with Crippen LogP contribution in [-0.4, -0.2) is 37.2 Å². The number of anilines is 1. The first-order chi connectivity index (χ1) is 12.6. The number of urea groups is 1. The van der Waals surface area contributed by atoms with Crippen LogP contribution in [0.2, 0.25) is 0 Å². The summed E-state index contributed by atoms with van der Waals surface area (Å²) in [7, 11) is 0. The van der Waals surface area contributed by atoms with Crippen LogP contribution < -0.4 is 15.4 Å². The molecule has 0 aliphatic carbocycles. The van der Waals surface area contributed by atoms with Crippen molar-refractivity contribution >= 4 is 11.7 Å². The molecule has 2 amide bonds. The van der Waals surface area contributed by atoms with Crippen molar-refractivity contribution in [1.82, 2.24) is 10.2 Å². The number of rotatable bonds is 9. The summed E-state index contributed by atoms with van der Waals surface area (Å²) < 4.78 is 5.87. The van der Waals surface area contributed by atoms with Gasteiger partial charge in [-0.2, -0.15) is 0 Å². The highest BCUT2D eigenvalue weighted by molar-refractivity contribution is 5.90. The van der Waals surface area contributed by atoms with Gasteiger partial charge in [0, 0.05) is 13.1 Å². The minimum atomic E-state index is -0.243. The minimum absolute atomic E-state index is 0.243. The average molecular weight is 355 g/mol. The third-order valence-electron chi connectivity index (χ3n) is 4.40. The van der Waals surface area contributed by atoms with Crippen molar-refractivity contribution in [2.75, 3.05) is 31.6 Å². The average Bonchev–Trinajstić information content (AvgIpc) is 2.66. The lowest BCUT2D eigenvalue weighted by molar-refractivity contribution is 0.223. The largest absolute Gasteiger partial charge is 0.490 e. The summed E-state index contributed by atoms with van der Waals surface area (Å²) in [6.07, 6.45) is 0. The summed E-state index contributed by atoms with van der Waals surface area (Å²) in [6.45, 7) is 10.3.